The van der Waals surface area contributed by atoms with E-state index in [1.165, 1.54) is 17.1 Å². The van der Waals surface area contributed by atoms with Gasteiger partial charge in [0.15, 0.2) is 0 Å². The molecule has 0 bridgehead atoms. The van der Waals surface area contributed by atoms with Crippen molar-refractivity contribution >= 4 is 22.6 Å². The normalized spacial score (nSPS) is 13.8. The Hall–Kier alpha value is -2.67. The van der Waals surface area contributed by atoms with Gasteiger partial charge >= 0.3 is 0 Å². The number of anilines is 1. The van der Waals surface area contributed by atoms with E-state index in [0.717, 1.165) is 42.6 Å². The Morgan fingerprint density at radius 1 is 1.14 bits per heavy atom. The van der Waals surface area contributed by atoms with Crippen LogP contribution in [0.15, 0.2) is 53.1 Å². The van der Waals surface area contributed by atoms with Crippen LogP contribution in [-0.4, -0.2) is 39.8 Å². The first-order chi connectivity index (χ1) is 13.8. The molecule has 28 heavy (non-hydrogen) atoms. The average molecular weight is 397 g/mol. The second-order valence-electron chi connectivity index (χ2n) is 6.99. The number of benzene rings is 1. The van der Waals surface area contributed by atoms with Gasteiger partial charge in [-0.1, -0.05) is 30.3 Å². The Kier molecular flexibility index (Phi) is 6.01. The summed E-state index contributed by atoms with van der Waals surface area (Å²) < 4.78 is 10.0. The van der Waals surface area contributed by atoms with Crippen molar-refractivity contribution in [2.75, 3.05) is 24.5 Å². The third-order valence-electron chi connectivity index (χ3n) is 4.91. The maximum absolute atomic E-state index is 12.5. The standard InChI is InChI=1S/C21H24N4O2S/c26-20(24-11-4-5-12-24)10-13-25(16-18-9-6-14-27-18)21-22-19(23-28-21)15-17-7-2-1-3-8-17/h1-3,6-9,14H,4-5,10-13,15-16H2. The molecule has 6 nitrogen and oxygen atoms in total. The van der Waals surface area contributed by atoms with Gasteiger partial charge in [-0.15, -0.1) is 0 Å². The van der Waals surface area contributed by atoms with Gasteiger partial charge in [0.25, 0.3) is 0 Å². The lowest BCUT2D eigenvalue weighted by Gasteiger charge is -2.22. The monoisotopic (exact) mass is 396 g/mol. The largest absolute Gasteiger partial charge is 0.467 e. The summed E-state index contributed by atoms with van der Waals surface area (Å²) in [7, 11) is 0. The van der Waals surface area contributed by atoms with Gasteiger partial charge in [-0.25, -0.2) is 4.98 Å². The number of nitrogens with zero attached hydrogens (tertiary/aromatic N) is 4. The van der Waals surface area contributed by atoms with Crippen LogP contribution < -0.4 is 4.90 Å². The molecule has 0 atom stereocenters. The fourth-order valence-corrected chi connectivity index (χ4v) is 4.12. The summed E-state index contributed by atoms with van der Waals surface area (Å²) in [4.78, 5) is 21.3. The molecule has 0 aliphatic carbocycles. The Morgan fingerprint density at radius 3 is 2.71 bits per heavy atom. The van der Waals surface area contributed by atoms with Crippen molar-refractivity contribution in [3.8, 4) is 0 Å². The van der Waals surface area contributed by atoms with E-state index in [9.17, 15) is 4.79 Å². The highest BCUT2D eigenvalue weighted by molar-refractivity contribution is 7.09. The van der Waals surface area contributed by atoms with Crippen molar-refractivity contribution in [1.82, 2.24) is 14.3 Å². The number of amides is 1. The van der Waals surface area contributed by atoms with Crippen LogP contribution in [-0.2, 0) is 17.8 Å². The number of carbonyl (C=O) groups is 1. The molecule has 0 unspecified atom stereocenters. The topological polar surface area (TPSA) is 62.5 Å². The first-order valence-corrected chi connectivity index (χ1v) is 10.5. The molecular weight excluding hydrogens is 372 g/mol. The number of likely N-dealkylation sites (tertiary alicyclic amines) is 1. The molecule has 1 saturated heterocycles. The lowest BCUT2D eigenvalue weighted by atomic mass is 10.1. The molecule has 1 fully saturated rings. The molecule has 2 aromatic heterocycles. The van der Waals surface area contributed by atoms with Crippen molar-refractivity contribution in [2.24, 2.45) is 0 Å². The molecule has 7 heteroatoms. The lowest BCUT2D eigenvalue weighted by molar-refractivity contribution is -0.129. The average Bonchev–Trinajstić information content (AvgIpc) is 3.48. The molecule has 0 N–H and O–H groups in total. The van der Waals surface area contributed by atoms with Crippen LogP contribution in [0.3, 0.4) is 0 Å². The zero-order valence-electron chi connectivity index (χ0n) is 15.8. The van der Waals surface area contributed by atoms with Crippen molar-refractivity contribution in [1.29, 1.82) is 0 Å². The van der Waals surface area contributed by atoms with E-state index < -0.39 is 0 Å². The molecule has 1 aliphatic rings. The zero-order valence-corrected chi connectivity index (χ0v) is 16.6. The number of hydrogen-bond donors (Lipinski definition) is 0. The molecule has 146 valence electrons. The first kappa shape index (κ1) is 18.7. The Morgan fingerprint density at radius 2 is 1.96 bits per heavy atom. The maximum Gasteiger partial charge on any atom is 0.224 e. The van der Waals surface area contributed by atoms with Crippen LogP contribution in [0.1, 0.15) is 36.4 Å². The SMILES string of the molecule is O=C(CCN(Cc1ccco1)c1nc(Cc2ccccc2)ns1)N1CCCC1. The van der Waals surface area contributed by atoms with Crippen LogP contribution in [0, 0.1) is 0 Å². The van der Waals surface area contributed by atoms with Gasteiger partial charge in [-0.2, -0.15) is 4.37 Å². The summed E-state index contributed by atoms with van der Waals surface area (Å²) in [6.07, 6.45) is 5.08. The highest BCUT2D eigenvalue weighted by Gasteiger charge is 2.21. The molecule has 0 radical (unpaired) electrons. The smallest absolute Gasteiger partial charge is 0.224 e. The molecular formula is C21H24N4O2S. The van der Waals surface area contributed by atoms with Crippen LogP contribution in [0.4, 0.5) is 5.13 Å². The first-order valence-electron chi connectivity index (χ1n) is 9.69. The van der Waals surface area contributed by atoms with Crippen molar-refractivity contribution in [3.05, 3.63) is 65.9 Å². The number of rotatable bonds is 8. The maximum atomic E-state index is 12.5. The third-order valence-corrected chi connectivity index (χ3v) is 5.73. The summed E-state index contributed by atoms with van der Waals surface area (Å²) in [5, 5.41) is 0.830. The van der Waals surface area contributed by atoms with Gasteiger partial charge in [0.05, 0.1) is 12.8 Å². The summed E-state index contributed by atoms with van der Waals surface area (Å²) in [6, 6.07) is 14.0. The van der Waals surface area contributed by atoms with Gasteiger partial charge in [-0.3, -0.25) is 4.79 Å². The van der Waals surface area contributed by atoms with Gasteiger partial charge in [0.2, 0.25) is 11.0 Å². The Bertz CT molecular complexity index is 873. The minimum absolute atomic E-state index is 0.218. The van der Waals surface area contributed by atoms with Crippen LogP contribution in [0.2, 0.25) is 0 Å². The van der Waals surface area contributed by atoms with Crippen LogP contribution in [0.5, 0.6) is 0 Å². The fourth-order valence-electron chi connectivity index (χ4n) is 3.41. The molecule has 3 heterocycles. The molecule has 4 rings (SSSR count). The van der Waals surface area contributed by atoms with Crippen LogP contribution >= 0.6 is 11.5 Å². The number of furan rings is 1. The molecule has 1 amide bonds. The van der Waals surface area contributed by atoms with Gasteiger partial charge in [0.1, 0.15) is 11.6 Å². The minimum atomic E-state index is 0.218. The zero-order chi connectivity index (χ0) is 19.2. The lowest BCUT2D eigenvalue weighted by Crippen LogP contribution is -2.32. The fraction of sp³-hybridized carbons (Fsp3) is 0.381. The van der Waals surface area contributed by atoms with E-state index in [2.05, 4.69) is 21.4 Å². The van der Waals surface area contributed by atoms with E-state index >= 15 is 0 Å². The highest BCUT2D eigenvalue weighted by atomic mass is 32.1. The second-order valence-corrected chi connectivity index (χ2v) is 7.72. The van der Waals surface area contributed by atoms with E-state index in [0.29, 0.717) is 25.9 Å². The Balaban J connectivity index is 1.44. The summed E-state index contributed by atoms with van der Waals surface area (Å²) >= 11 is 1.38. The summed E-state index contributed by atoms with van der Waals surface area (Å²) in [6.45, 7) is 2.96. The second kappa shape index (κ2) is 9.01. The summed E-state index contributed by atoms with van der Waals surface area (Å²) in [5.41, 5.74) is 1.19. The van der Waals surface area contributed by atoms with Gasteiger partial charge in [0, 0.05) is 44.0 Å². The predicted molar refractivity (Wildman–Crippen MR) is 109 cm³/mol. The molecule has 0 spiro atoms. The van der Waals surface area contributed by atoms with Gasteiger partial charge < -0.3 is 14.2 Å². The quantitative estimate of drug-likeness (QED) is 0.580. The number of carbonyl (C=O) groups excluding carboxylic acids is 1. The molecule has 1 aliphatic heterocycles. The number of aromatic nitrogens is 2. The number of hydrogen-bond acceptors (Lipinski definition) is 6. The van der Waals surface area contributed by atoms with E-state index in [1.807, 2.05) is 35.2 Å². The van der Waals surface area contributed by atoms with Crippen LogP contribution in [0.25, 0.3) is 0 Å². The minimum Gasteiger partial charge on any atom is -0.467 e. The van der Waals surface area contributed by atoms with E-state index in [-0.39, 0.29) is 5.91 Å². The van der Waals surface area contributed by atoms with E-state index in [1.54, 1.807) is 6.26 Å². The summed E-state index contributed by atoms with van der Waals surface area (Å²) in [5.74, 6) is 1.88. The van der Waals surface area contributed by atoms with Crippen molar-refractivity contribution in [3.63, 3.8) is 0 Å². The van der Waals surface area contributed by atoms with E-state index in [4.69, 9.17) is 9.40 Å². The third kappa shape index (κ3) is 4.78. The molecule has 3 aromatic rings. The Labute approximate surface area is 169 Å². The van der Waals surface area contributed by atoms with Crippen molar-refractivity contribution < 1.29 is 9.21 Å². The molecule has 1 aromatic carbocycles. The van der Waals surface area contributed by atoms with Gasteiger partial charge in [-0.05, 0) is 30.5 Å². The highest BCUT2D eigenvalue weighted by Crippen LogP contribution is 2.22. The molecule has 0 saturated carbocycles. The predicted octanol–water partition coefficient (Wildman–Crippen LogP) is 3.74. The van der Waals surface area contributed by atoms with Crippen molar-refractivity contribution in [2.45, 2.75) is 32.2 Å².